The Balaban J connectivity index is 2.05. The highest BCUT2D eigenvalue weighted by atomic mass is 19.1. The average molecular weight is 340 g/mol. The van der Waals surface area contributed by atoms with E-state index in [1.807, 2.05) is 0 Å². The predicted octanol–water partition coefficient (Wildman–Crippen LogP) is 4.14. The van der Waals surface area contributed by atoms with Crippen LogP contribution in [-0.2, 0) is 16.0 Å². The number of rotatable bonds is 4. The van der Waals surface area contributed by atoms with E-state index in [9.17, 15) is 14.0 Å². The lowest BCUT2D eigenvalue weighted by Gasteiger charge is -2.36. The van der Waals surface area contributed by atoms with E-state index >= 15 is 0 Å². The van der Waals surface area contributed by atoms with Crippen molar-refractivity contribution in [2.45, 2.75) is 52.4 Å². The highest BCUT2D eigenvalue weighted by Crippen LogP contribution is 2.57. The van der Waals surface area contributed by atoms with Crippen LogP contribution in [0.2, 0.25) is 0 Å². The highest BCUT2D eigenvalue weighted by Gasteiger charge is 2.48. The smallest absolute Gasteiger partial charge is 0.166 e. The van der Waals surface area contributed by atoms with E-state index in [1.54, 1.807) is 6.20 Å². The van der Waals surface area contributed by atoms with Gasteiger partial charge in [0.2, 0.25) is 0 Å². The zero-order valence-corrected chi connectivity index (χ0v) is 14.5. The molecule has 0 aliphatic heterocycles. The summed E-state index contributed by atoms with van der Waals surface area (Å²) in [5.41, 5.74) is 3.01. The molecule has 4 nitrogen and oxygen atoms in total. The van der Waals surface area contributed by atoms with Crippen LogP contribution in [0.15, 0.2) is 17.8 Å². The summed E-state index contributed by atoms with van der Waals surface area (Å²) in [4.78, 5) is 24.8. The summed E-state index contributed by atoms with van der Waals surface area (Å²) in [6, 6.07) is 1.49. The normalized spacial score (nSPS) is 22.4. The van der Waals surface area contributed by atoms with E-state index < -0.39 is 0 Å². The number of aromatic amines is 1. The maximum absolute atomic E-state index is 14.6. The molecule has 25 heavy (non-hydrogen) atoms. The van der Waals surface area contributed by atoms with Gasteiger partial charge in [-0.1, -0.05) is 19.8 Å². The molecule has 1 aromatic carbocycles. The van der Waals surface area contributed by atoms with Crippen LogP contribution in [0.25, 0.3) is 16.5 Å². The fourth-order valence-electron chi connectivity index (χ4n) is 4.71. The molecule has 1 N–H and O–H groups in total. The van der Waals surface area contributed by atoms with E-state index in [4.69, 9.17) is 0 Å². The number of ketones is 2. The minimum atomic E-state index is -0.383. The van der Waals surface area contributed by atoms with Crippen LogP contribution in [-0.4, -0.2) is 21.8 Å². The second-order valence-electron chi connectivity index (χ2n) is 7.33. The lowest BCUT2D eigenvalue weighted by Crippen LogP contribution is -2.30. The Kier molecular flexibility index (Phi) is 3.63. The van der Waals surface area contributed by atoms with Crippen molar-refractivity contribution in [3.05, 3.63) is 34.8 Å². The molecule has 0 saturated carbocycles. The number of unbranched alkanes of at least 4 members (excludes halogenated alkanes) is 1. The van der Waals surface area contributed by atoms with Gasteiger partial charge in [-0.05, 0) is 49.0 Å². The quantitative estimate of drug-likeness (QED) is 0.851. The number of hydrogen-bond donors (Lipinski definition) is 1. The van der Waals surface area contributed by atoms with Gasteiger partial charge >= 0.3 is 0 Å². The molecule has 1 heterocycles. The summed E-state index contributed by atoms with van der Waals surface area (Å²) in [5.74, 6) is -0.692. The molecule has 0 saturated heterocycles. The van der Waals surface area contributed by atoms with E-state index in [-0.39, 0.29) is 22.8 Å². The minimum absolute atomic E-state index is 0.102. The molecule has 1 unspecified atom stereocenters. The van der Waals surface area contributed by atoms with E-state index in [2.05, 4.69) is 17.1 Å². The summed E-state index contributed by atoms with van der Waals surface area (Å²) in [5, 5.41) is 7.49. The van der Waals surface area contributed by atoms with E-state index in [0.717, 1.165) is 54.2 Å². The standard InChI is InChI=1S/C20H21FN2O2/c1-3-4-6-20-7-5-16(25)17(11(2)24)18(20)12-8-15(21)19-14(10-22-23-19)13(12)9-20/h8,10H,3-7,9H2,1-2H3,(H,22,23). The first kappa shape index (κ1) is 16.2. The lowest BCUT2D eigenvalue weighted by atomic mass is 9.66. The maximum atomic E-state index is 14.6. The molecule has 2 aliphatic rings. The number of carbonyl (C=O) groups excluding carboxylic acids is 2. The molecule has 0 spiro atoms. The number of aromatic nitrogens is 2. The Morgan fingerprint density at radius 1 is 1.44 bits per heavy atom. The molecular weight excluding hydrogens is 319 g/mol. The Hall–Kier alpha value is -2.30. The second-order valence-corrected chi connectivity index (χ2v) is 7.33. The molecule has 0 amide bonds. The largest absolute Gasteiger partial charge is 0.294 e. The molecule has 2 aromatic rings. The lowest BCUT2D eigenvalue weighted by molar-refractivity contribution is -0.121. The first-order chi connectivity index (χ1) is 12.0. The van der Waals surface area contributed by atoms with Crippen molar-refractivity contribution >= 4 is 28.0 Å². The molecular formula is C20H21FN2O2. The van der Waals surface area contributed by atoms with Crippen molar-refractivity contribution in [1.82, 2.24) is 10.2 Å². The number of nitrogens with one attached hydrogen (secondary N) is 1. The fourth-order valence-corrected chi connectivity index (χ4v) is 4.71. The average Bonchev–Trinajstić information content (AvgIpc) is 3.17. The number of benzene rings is 1. The topological polar surface area (TPSA) is 62.8 Å². The van der Waals surface area contributed by atoms with Gasteiger partial charge in [0.05, 0.1) is 11.8 Å². The van der Waals surface area contributed by atoms with Crippen molar-refractivity contribution in [1.29, 1.82) is 0 Å². The highest BCUT2D eigenvalue weighted by molar-refractivity contribution is 6.26. The molecule has 130 valence electrons. The summed E-state index contributed by atoms with van der Waals surface area (Å²) < 4.78 is 14.6. The van der Waals surface area contributed by atoms with Crippen molar-refractivity contribution in [3.8, 4) is 0 Å². The molecule has 0 fully saturated rings. The van der Waals surface area contributed by atoms with Gasteiger partial charge < -0.3 is 0 Å². The molecule has 4 rings (SSSR count). The van der Waals surface area contributed by atoms with Crippen molar-refractivity contribution in [3.63, 3.8) is 0 Å². The molecule has 1 aromatic heterocycles. The first-order valence-corrected chi connectivity index (χ1v) is 8.92. The van der Waals surface area contributed by atoms with Gasteiger partial charge in [-0.2, -0.15) is 5.10 Å². The number of hydrogen-bond acceptors (Lipinski definition) is 3. The Bertz CT molecular complexity index is 941. The number of nitrogens with zero attached hydrogens (tertiary/aromatic N) is 1. The van der Waals surface area contributed by atoms with Gasteiger partial charge in [0.1, 0.15) is 11.3 Å². The van der Waals surface area contributed by atoms with Crippen molar-refractivity contribution < 1.29 is 14.0 Å². The summed E-state index contributed by atoms with van der Waals surface area (Å²) in [7, 11) is 0. The Morgan fingerprint density at radius 3 is 2.96 bits per heavy atom. The third kappa shape index (κ3) is 2.21. The van der Waals surface area contributed by atoms with Crippen LogP contribution in [0.3, 0.4) is 0 Å². The third-order valence-corrected chi connectivity index (χ3v) is 5.83. The monoisotopic (exact) mass is 340 g/mol. The number of fused-ring (bicyclic) bond motifs is 5. The Labute approximate surface area is 145 Å². The van der Waals surface area contributed by atoms with Gasteiger partial charge in [-0.25, -0.2) is 4.39 Å². The van der Waals surface area contributed by atoms with Crippen LogP contribution >= 0.6 is 0 Å². The van der Waals surface area contributed by atoms with Gasteiger partial charge in [-0.15, -0.1) is 0 Å². The van der Waals surface area contributed by atoms with Gasteiger partial charge in [0.25, 0.3) is 0 Å². The molecule has 5 heteroatoms. The third-order valence-electron chi connectivity index (χ3n) is 5.83. The van der Waals surface area contributed by atoms with Gasteiger partial charge in [0.15, 0.2) is 11.6 Å². The van der Waals surface area contributed by atoms with Gasteiger partial charge in [0, 0.05) is 17.2 Å². The van der Waals surface area contributed by atoms with Crippen molar-refractivity contribution in [2.75, 3.05) is 0 Å². The van der Waals surface area contributed by atoms with E-state index in [0.29, 0.717) is 17.5 Å². The second kappa shape index (κ2) is 5.61. The van der Waals surface area contributed by atoms with Crippen LogP contribution in [0.4, 0.5) is 4.39 Å². The van der Waals surface area contributed by atoms with Crippen LogP contribution in [0, 0.1) is 11.2 Å². The van der Waals surface area contributed by atoms with Crippen LogP contribution < -0.4 is 0 Å². The summed E-state index contributed by atoms with van der Waals surface area (Å²) in [6.45, 7) is 3.58. The predicted molar refractivity (Wildman–Crippen MR) is 93.6 cm³/mol. The first-order valence-electron chi connectivity index (χ1n) is 8.92. The molecule has 1 atom stereocenters. The summed E-state index contributed by atoms with van der Waals surface area (Å²) >= 11 is 0. The maximum Gasteiger partial charge on any atom is 0.166 e. The fraction of sp³-hybridized carbons (Fsp3) is 0.450. The number of Topliss-reactive ketones (excluding diaryl/α,β-unsaturated/α-hetero) is 2. The number of halogens is 1. The number of carbonyl (C=O) groups is 2. The minimum Gasteiger partial charge on any atom is -0.294 e. The Morgan fingerprint density at radius 2 is 2.24 bits per heavy atom. The van der Waals surface area contributed by atoms with E-state index in [1.165, 1.54) is 13.0 Å². The zero-order valence-electron chi connectivity index (χ0n) is 14.5. The van der Waals surface area contributed by atoms with Gasteiger partial charge in [-0.3, -0.25) is 14.7 Å². The SMILES string of the molecule is CCCCC12CCC(=O)C(C(C)=O)=C1c1cc(F)c3[nH]ncc3c1C2. The molecule has 0 bridgehead atoms. The van der Waals surface area contributed by atoms with Crippen molar-refractivity contribution in [2.24, 2.45) is 5.41 Å². The molecule has 0 radical (unpaired) electrons. The zero-order chi connectivity index (χ0) is 17.8. The molecule has 2 aliphatic carbocycles. The van der Waals surface area contributed by atoms with Crippen LogP contribution in [0.1, 0.15) is 57.1 Å². The number of allylic oxidation sites excluding steroid dienone is 2. The summed E-state index contributed by atoms with van der Waals surface area (Å²) in [6.07, 6.45) is 6.51. The number of H-pyrrole nitrogens is 1. The van der Waals surface area contributed by atoms with Crippen LogP contribution in [0.5, 0.6) is 0 Å².